The van der Waals surface area contributed by atoms with E-state index >= 15 is 0 Å². The Bertz CT molecular complexity index is 733. The molecule has 24 heavy (non-hydrogen) atoms. The van der Waals surface area contributed by atoms with Gasteiger partial charge in [0.25, 0.3) is 0 Å². The minimum Gasteiger partial charge on any atom is -0.343 e. The molecule has 1 saturated heterocycles. The lowest BCUT2D eigenvalue weighted by atomic mass is 10.2. The fourth-order valence-corrected chi connectivity index (χ4v) is 4.46. The second-order valence-corrected chi connectivity index (χ2v) is 7.32. The number of benzene rings is 1. The lowest BCUT2D eigenvalue weighted by Gasteiger charge is -2.31. The van der Waals surface area contributed by atoms with E-state index in [0.29, 0.717) is 13.0 Å². The number of hydrogen-bond acceptors (Lipinski definition) is 5. The van der Waals surface area contributed by atoms with Crippen molar-refractivity contribution in [1.29, 1.82) is 5.26 Å². The molecule has 5 nitrogen and oxygen atoms in total. The molecule has 1 aliphatic heterocycles. The number of carbonyl (C=O) groups is 1. The Morgan fingerprint density at radius 3 is 3.08 bits per heavy atom. The number of nitriles is 1. The van der Waals surface area contributed by atoms with Crippen molar-refractivity contribution in [3.05, 3.63) is 29.3 Å². The number of carbonyl (C=O) groups excluding carboxylic acids is 1. The van der Waals surface area contributed by atoms with Gasteiger partial charge in [-0.1, -0.05) is 12.1 Å². The van der Waals surface area contributed by atoms with E-state index in [1.807, 2.05) is 25.1 Å². The maximum absolute atomic E-state index is 12.6. The summed E-state index contributed by atoms with van der Waals surface area (Å²) >= 11 is 1.73. The van der Waals surface area contributed by atoms with E-state index in [0.717, 1.165) is 29.9 Å². The highest BCUT2D eigenvalue weighted by atomic mass is 32.1. The van der Waals surface area contributed by atoms with Crippen LogP contribution in [0.25, 0.3) is 10.2 Å². The van der Waals surface area contributed by atoms with Crippen molar-refractivity contribution in [3.63, 3.8) is 0 Å². The molecule has 1 fully saturated rings. The van der Waals surface area contributed by atoms with Gasteiger partial charge in [-0.3, -0.25) is 9.69 Å². The Labute approximate surface area is 146 Å². The SMILES string of the molecule is CC(C(=O)N(C)CCC#N)N1CCCC1c1nc2ccccc2s1. The van der Waals surface area contributed by atoms with Gasteiger partial charge in [-0.2, -0.15) is 5.26 Å². The first-order chi connectivity index (χ1) is 11.6. The molecule has 1 aromatic carbocycles. The molecule has 2 aromatic rings. The number of fused-ring (bicyclic) bond motifs is 1. The van der Waals surface area contributed by atoms with E-state index in [9.17, 15) is 4.79 Å². The summed E-state index contributed by atoms with van der Waals surface area (Å²) in [4.78, 5) is 21.4. The van der Waals surface area contributed by atoms with Gasteiger partial charge >= 0.3 is 0 Å². The first-order valence-electron chi connectivity index (χ1n) is 8.35. The van der Waals surface area contributed by atoms with Crippen LogP contribution in [-0.2, 0) is 4.79 Å². The Morgan fingerprint density at radius 1 is 1.54 bits per heavy atom. The average molecular weight is 342 g/mol. The number of likely N-dealkylation sites (N-methyl/N-ethyl adjacent to an activating group) is 1. The Hall–Kier alpha value is -1.97. The first-order valence-corrected chi connectivity index (χ1v) is 9.16. The van der Waals surface area contributed by atoms with Crippen LogP contribution in [0.3, 0.4) is 0 Å². The van der Waals surface area contributed by atoms with Gasteiger partial charge in [0.2, 0.25) is 5.91 Å². The van der Waals surface area contributed by atoms with Gasteiger partial charge in [0.05, 0.1) is 34.8 Å². The third kappa shape index (κ3) is 3.28. The molecule has 0 spiro atoms. The van der Waals surface area contributed by atoms with E-state index in [2.05, 4.69) is 17.0 Å². The van der Waals surface area contributed by atoms with Crippen molar-refractivity contribution < 1.29 is 4.79 Å². The van der Waals surface area contributed by atoms with Crippen LogP contribution in [0, 0.1) is 11.3 Å². The van der Waals surface area contributed by atoms with Gasteiger partial charge in [-0.05, 0) is 38.4 Å². The predicted molar refractivity (Wildman–Crippen MR) is 95.6 cm³/mol. The predicted octanol–water partition coefficient (Wildman–Crippen LogP) is 3.19. The summed E-state index contributed by atoms with van der Waals surface area (Å²) in [7, 11) is 1.78. The minimum absolute atomic E-state index is 0.0817. The van der Waals surface area contributed by atoms with Crippen LogP contribution < -0.4 is 0 Å². The molecule has 6 heteroatoms. The van der Waals surface area contributed by atoms with Gasteiger partial charge < -0.3 is 4.90 Å². The molecule has 1 aromatic heterocycles. The third-order valence-electron chi connectivity index (χ3n) is 4.68. The number of hydrogen-bond donors (Lipinski definition) is 0. The first kappa shape index (κ1) is 16.9. The van der Waals surface area contributed by atoms with Gasteiger partial charge in [-0.15, -0.1) is 11.3 Å². The maximum Gasteiger partial charge on any atom is 0.239 e. The zero-order valence-electron chi connectivity index (χ0n) is 14.1. The lowest BCUT2D eigenvalue weighted by Crippen LogP contribution is -2.45. The van der Waals surface area contributed by atoms with Crippen molar-refractivity contribution in [1.82, 2.24) is 14.8 Å². The van der Waals surface area contributed by atoms with Crippen LogP contribution in [-0.4, -0.2) is 46.9 Å². The zero-order chi connectivity index (χ0) is 17.1. The third-order valence-corrected chi connectivity index (χ3v) is 5.82. The zero-order valence-corrected chi connectivity index (χ0v) is 14.9. The molecular formula is C18H22N4OS. The largest absolute Gasteiger partial charge is 0.343 e. The van der Waals surface area contributed by atoms with E-state index in [1.165, 1.54) is 4.70 Å². The van der Waals surface area contributed by atoms with Crippen LogP contribution in [0.5, 0.6) is 0 Å². The molecule has 1 aliphatic rings. The van der Waals surface area contributed by atoms with Gasteiger partial charge in [0.15, 0.2) is 0 Å². The normalized spacial score (nSPS) is 19.3. The summed E-state index contributed by atoms with van der Waals surface area (Å²) in [5.41, 5.74) is 1.04. The van der Waals surface area contributed by atoms with E-state index in [-0.39, 0.29) is 18.0 Å². The smallest absolute Gasteiger partial charge is 0.239 e. The molecule has 0 radical (unpaired) electrons. The molecule has 2 heterocycles. The summed E-state index contributed by atoms with van der Waals surface area (Å²) in [6.45, 7) is 3.37. The topological polar surface area (TPSA) is 60.2 Å². The number of aromatic nitrogens is 1. The molecule has 1 amide bonds. The van der Waals surface area contributed by atoms with Crippen LogP contribution in [0.2, 0.25) is 0 Å². The van der Waals surface area contributed by atoms with Crippen LogP contribution in [0.1, 0.15) is 37.2 Å². The van der Waals surface area contributed by atoms with Gasteiger partial charge in [-0.25, -0.2) is 4.98 Å². The molecule has 2 unspecified atom stereocenters. The Balaban J connectivity index is 1.77. The van der Waals surface area contributed by atoms with Crippen LogP contribution in [0.4, 0.5) is 0 Å². The van der Waals surface area contributed by atoms with Crippen molar-refractivity contribution in [2.24, 2.45) is 0 Å². The van der Waals surface area contributed by atoms with Gasteiger partial charge in [0, 0.05) is 13.6 Å². The highest BCUT2D eigenvalue weighted by Crippen LogP contribution is 2.37. The van der Waals surface area contributed by atoms with Crippen molar-refractivity contribution in [3.8, 4) is 6.07 Å². The van der Waals surface area contributed by atoms with Crippen molar-refractivity contribution in [2.45, 2.75) is 38.3 Å². The summed E-state index contributed by atoms with van der Waals surface area (Å²) in [5.74, 6) is 0.0817. The quantitative estimate of drug-likeness (QED) is 0.837. The highest BCUT2D eigenvalue weighted by molar-refractivity contribution is 7.18. The Morgan fingerprint density at radius 2 is 2.33 bits per heavy atom. The molecule has 0 saturated carbocycles. The second-order valence-electron chi connectivity index (χ2n) is 6.26. The fraction of sp³-hybridized carbons (Fsp3) is 0.500. The molecule has 126 valence electrons. The maximum atomic E-state index is 12.6. The molecule has 2 atom stereocenters. The standard InChI is InChI=1S/C18H22N4OS/c1-13(18(23)21(2)11-6-10-19)22-12-5-8-15(22)17-20-14-7-3-4-9-16(14)24-17/h3-4,7,9,13,15H,5-6,8,11-12H2,1-2H3. The number of nitrogens with zero attached hydrogens (tertiary/aromatic N) is 4. The lowest BCUT2D eigenvalue weighted by molar-refractivity contribution is -0.135. The van der Waals surface area contributed by atoms with Crippen LogP contribution in [0.15, 0.2) is 24.3 Å². The highest BCUT2D eigenvalue weighted by Gasteiger charge is 2.35. The number of likely N-dealkylation sites (tertiary alicyclic amines) is 1. The van der Waals surface area contributed by atoms with Crippen molar-refractivity contribution in [2.75, 3.05) is 20.1 Å². The fourth-order valence-electron chi connectivity index (χ4n) is 3.34. The monoisotopic (exact) mass is 342 g/mol. The molecule has 0 N–H and O–H groups in total. The number of rotatable bonds is 5. The minimum atomic E-state index is -0.187. The summed E-state index contributed by atoms with van der Waals surface area (Å²) < 4.78 is 1.20. The number of para-hydroxylation sites is 1. The van der Waals surface area contributed by atoms with Gasteiger partial charge in [0.1, 0.15) is 5.01 Å². The average Bonchev–Trinajstić information content (AvgIpc) is 3.24. The van der Waals surface area contributed by atoms with Crippen LogP contribution >= 0.6 is 11.3 Å². The van der Waals surface area contributed by atoms with E-state index in [1.54, 1.807) is 23.3 Å². The van der Waals surface area contributed by atoms with Crippen molar-refractivity contribution >= 4 is 27.5 Å². The summed E-state index contributed by atoms with van der Waals surface area (Å²) in [6, 6.07) is 10.3. The second kappa shape index (κ2) is 7.29. The van der Waals surface area contributed by atoms with E-state index in [4.69, 9.17) is 10.2 Å². The Kier molecular flexibility index (Phi) is 5.12. The summed E-state index contributed by atoms with van der Waals surface area (Å²) in [5, 5.41) is 9.81. The molecular weight excluding hydrogens is 320 g/mol. The molecule has 0 bridgehead atoms. The molecule has 0 aliphatic carbocycles. The molecule has 3 rings (SSSR count). The number of amides is 1. The van der Waals surface area contributed by atoms with E-state index < -0.39 is 0 Å². The number of thiazole rings is 1. The summed E-state index contributed by atoms with van der Waals surface area (Å²) in [6.07, 6.45) is 2.50.